The number of carbonyl (C=O) groups is 1. The minimum absolute atomic E-state index is 0.0340. The lowest BCUT2D eigenvalue weighted by molar-refractivity contribution is 0.103. The Balaban J connectivity index is 1.68. The summed E-state index contributed by atoms with van der Waals surface area (Å²) in [5.41, 5.74) is 14.9. The zero-order chi connectivity index (χ0) is 23.5. The van der Waals surface area contributed by atoms with Gasteiger partial charge in [-0.1, -0.05) is 37.3 Å². The van der Waals surface area contributed by atoms with Crippen LogP contribution in [0, 0.1) is 0 Å². The number of nitrogens with two attached hydrogens (primary N) is 2. The number of hydrogen-bond acceptors (Lipinski definition) is 6. The molecule has 6 N–H and O–H groups in total. The summed E-state index contributed by atoms with van der Waals surface area (Å²) in [6.45, 7) is 2.00. The second kappa shape index (κ2) is 9.28. The van der Waals surface area contributed by atoms with Crippen molar-refractivity contribution in [1.82, 2.24) is 0 Å². The van der Waals surface area contributed by atoms with E-state index in [2.05, 4.69) is 12.1 Å². The van der Waals surface area contributed by atoms with Crippen LogP contribution >= 0.6 is 0 Å². The van der Waals surface area contributed by atoms with Gasteiger partial charge in [0.25, 0.3) is 0 Å². The maximum absolute atomic E-state index is 13.4. The lowest BCUT2D eigenvalue weighted by Crippen LogP contribution is -2.06. The zero-order valence-electron chi connectivity index (χ0n) is 18.6. The van der Waals surface area contributed by atoms with Gasteiger partial charge in [-0.3, -0.25) is 4.79 Å². The molecule has 0 amide bonds. The second-order valence-corrected chi connectivity index (χ2v) is 8.30. The number of fused-ring (bicyclic) bond motifs is 1. The van der Waals surface area contributed by atoms with Crippen LogP contribution in [-0.2, 0) is 19.3 Å². The van der Waals surface area contributed by atoms with Crippen LogP contribution in [0.25, 0.3) is 11.0 Å². The topological polar surface area (TPSA) is 123 Å². The predicted octanol–water partition coefficient (Wildman–Crippen LogP) is 5.37. The van der Waals surface area contributed by atoms with Gasteiger partial charge in [-0.25, -0.2) is 0 Å². The number of phenolic OH excluding ortho intramolecular Hbond substituents is 2. The van der Waals surface area contributed by atoms with Gasteiger partial charge in [0.15, 0.2) is 11.5 Å². The number of aromatic hydroxyl groups is 2. The van der Waals surface area contributed by atoms with Crippen molar-refractivity contribution in [2.45, 2.75) is 39.0 Å². The Morgan fingerprint density at radius 2 is 1.64 bits per heavy atom. The number of aryl methyl sites for hydroxylation is 3. The summed E-state index contributed by atoms with van der Waals surface area (Å²) in [5.74, 6) is 0.142. The quantitative estimate of drug-likeness (QED) is 0.165. The van der Waals surface area contributed by atoms with Gasteiger partial charge in [0, 0.05) is 17.4 Å². The Morgan fingerprint density at radius 1 is 0.939 bits per heavy atom. The van der Waals surface area contributed by atoms with Crippen LogP contribution < -0.4 is 11.5 Å². The molecular formula is C27H28N2O4. The SMILES string of the molecule is CCCc1oc2cc(CCCc3ccccc3)c(O)cc2c1C(=O)c1cc(N)c(O)c(N)c1. The smallest absolute Gasteiger partial charge is 0.197 e. The van der Waals surface area contributed by atoms with Gasteiger partial charge < -0.3 is 26.1 Å². The van der Waals surface area contributed by atoms with E-state index in [0.717, 1.165) is 24.8 Å². The molecule has 0 unspecified atom stereocenters. The van der Waals surface area contributed by atoms with E-state index in [0.29, 0.717) is 35.1 Å². The first-order valence-electron chi connectivity index (χ1n) is 11.1. The Bertz CT molecular complexity index is 1290. The third-order valence-corrected chi connectivity index (χ3v) is 5.85. The fourth-order valence-electron chi connectivity index (χ4n) is 4.16. The van der Waals surface area contributed by atoms with Crippen molar-refractivity contribution in [3.05, 3.63) is 82.6 Å². The van der Waals surface area contributed by atoms with Crippen LogP contribution in [0.3, 0.4) is 0 Å². The molecular weight excluding hydrogens is 416 g/mol. The fourth-order valence-corrected chi connectivity index (χ4v) is 4.16. The van der Waals surface area contributed by atoms with Gasteiger partial charge in [0.05, 0.1) is 16.9 Å². The summed E-state index contributed by atoms with van der Waals surface area (Å²) < 4.78 is 6.08. The van der Waals surface area contributed by atoms with Gasteiger partial charge in [-0.05, 0) is 61.1 Å². The number of furan rings is 1. The number of phenols is 2. The zero-order valence-corrected chi connectivity index (χ0v) is 18.6. The van der Waals surface area contributed by atoms with E-state index in [1.54, 1.807) is 6.07 Å². The highest BCUT2D eigenvalue weighted by molar-refractivity contribution is 6.17. The highest BCUT2D eigenvalue weighted by Crippen LogP contribution is 2.36. The molecule has 0 aliphatic heterocycles. The van der Waals surface area contributed by atoms with Crippen LogP contribution in [0.5, 0.6) is 11.5 Å². The van der Waals surface area contributed by atoms with Gasteiger partial charge in [0.1, 0.15) is 17.1 Å². The van der Waals surface area contributed by atoms with E-state index in [1.807, 2.05) is 31.2 Å². The maximum atomic E-state index is 13.4. The molecule has 6 heteroatoms. The molecule has 0 radical (unpaired) electrons. The minimum atomic E-state index is -0.313. The third-order valence-electron chi connectivity index (χ3n) is 5.85. The van der Waals surface area contributed by atoms with Gasteiger partial charge in [-0.2, -0.15) is 0 Å². The number of carbonyl (C=O) groups excluding carboxylic acids is 1. The van der Waals surface area contributed by atoms with Crippen LogP contribution in [0.4, 0.5) is 11.4 Å². The van der Waals surface area contributed by atoms with Crippen LogP contribution in [-0.4, -0.2) is 16.0 Å². The summed E-state index contributed by atoms with van der Waals surface area (Å²) >= 11 is 0. The first-order valence-corrected chi connectivity index (χ1v) is 11.1. The molecule has 4 rings (SSSR count). The number of nitrogen functional groups attached to an aromatic ring is 2. The largest absolute Gasteiger partial charge is 0.508 e. The number of anilines is 2. The molecule has 33 heavy (non-hydrogen) atoms. The molecule has 1 heterocycles. The highest BCUT2D eigenvalue weighted by Gasteiger charge is 2.24. The maximum Gasteiger partial charge on any atom is 0.197 e. The first kappa shape index (κ1) is 22.3. The van der Waals surface area contributed by atoms with Crippen LogP contribution in [0.15, 0.2) is 59.0 Å². The molecule has 170 valence electrons. The third kappa shape index (κ3) is 4.51. The van der Waals surface area contributed by atoms with Gasteiger partial charge in [0.2, 0.25) is 0 Å². The molecule has 3 aromatic carbocycles. The minimum Gasteiger partial charge on any atom is -0.508 e. The summed E-state index contributed by atoms with van der Waals surface area (Å²) in [6, 6.07) is 16.5. The summed E-state index contributed by atoms with van der Waals surface area (Å²) in [4.78, 5) is 13.4. The van der Waals surface area contributed by atoms with Gasteiger partial charge >= 0.3 is 0 Å². The Morgan fingerprint density at radius 3 is 2.30 bits per heavy atom. The van der Waals surface area contributed by atoms with Crippen molar-refractivity contribution in [3.63, 3.8) is 0 Å². The molecule has 0 spiro atoms. The number of ketones is 1. The van der Waals surface area contributed by atoms with Crippen molar-refractivity contribution in [2.24, 2.45) is 0 Å². The summed E-state index contributed by atoms with van der Waals surface area (Å²) in [7, 11) is 0. The number of rotatable bonds is 8. The van der Waals surface area contributed by atoms with E-state index < -0.39 is 0 Å². The van der Waals surface area contributed by atoms with E-state index in [1.165, 1.54) is 17.7 Å². The molecule has 4 aromatic rings. The van der Waals surface area contributed by atoms with Crippen molar-refractivity contribution in [2.75, 3.05) is 11.5 Å². The van der Waals surface area contributed by atoms with Crippen LogP contribution in [0.2, 0.25) is 0 Å². The van der Waals surface area contributed by atoms with E-state index in [4.69, 9.17) is 15.9 Å². The predicted molar refractivity (Wildman–Crippen MR) is 131 cm³/mol. The fraction of sp³-hybridized carbons (Fsp3) is 0.222. The molecule has 0 aliphatic carbocycles. The average molecular weight is 445 g/mol. The Hall–Kier alpha value is -3.93. The normalized spacial score (nSPS) is 11.2. The summed E-state index contributed by atoms with van der Waals surface area (Å²) in [6.07, 6.45) is 3.84. The number of hydrogen-bond donors (Lipinski definition) is 4. The van der Waals surface area contributed by atoms with Crippen molar-refractivity contribution in [3.8, 4) is 11.5 Å². The average Bonchev–Trinajstić information content (AvgIpc) is 3.14. The Kier molecular flexibility index (Phi) is 6.27. The standard InChI is InChI=1S/C27H28N2O4/c1-2-7-23-25(26(31)18-12-20(28)27(32)21(29)13-18)19-15-22(30)17(14-24(19)33-23)11-6-10-16-8-4-3-5-9-16/h3-5,8-9,12-15,30,32H,2,6-7,10-11,28-29H2,1H3. The molecule has 0 aliphatic rings. The van der Waals surface area contributed by atoms with Crippen LogP contribution in [0.1, 0.15) is 52.6 Å². The molecule has 0 saturated heterocycles. The van der Waals surface area contributed by atoms with Crippen molar-refractivity contribution in [1.29, 1.82) is 0 Å². The molecule has 0 bridgehead atoms. The lowest BCUT2D eigenvalue weighted by Gasteiger charge is -2.08. The van der Waals surface area contributed by atoms with Crippen molar-refractivity contribution >= 4 is 28.1 Å². The molecule has 0 saturated carbocycles. The van der Waals surface area contributed by atoms with E-state index in [-0.39, 0.29) is 34.2 Å². The molecule has 6 nitrogen and oxygen atoms in total. The van der Waals surface area contributed by atoms with Gasteiger partial charge in [-0.15, -0.1) is 0 Å². The number of benzene rings is 3. The van der Waals surface area contributed by atoms with Crippen molar-refractivity contribution < 1.29 is 19.4 Å². The molecule has 0 atom stereocenters. The molecule has 0 fully saturated rings. The lowest BCUT2D eigenvalue weighted by atomic mass is 9.96. The first-order chi connectivity index (χ1) is 15.9. The highest BCUT2D eigenvalue weighted by atomic mass is 16.3. The summed E-state index contributed by atoms with van der Waals surface area (Å²) in [5, 5.41) is 21.1. The second-order valence-electron chi connectivity index (χ2n) is 8.30. The Labute approximate surface area is 192 Å². The monoisotopic (exact) mass is 444 g/mol. The van der Waals surface area contributed by atoms with E-state index >= 15 is 0 Å². The van der Waals surface area contributed by atoms with E-state index in [9.17, 15) is 15.0 Å². The molecule has 1 aromatic heterocycles.